The fourth-order valence-corrected chi connectivity index (χ4v) is 2.10. The van der Waals surface area contributed by atoms with E-state index in [2.05, 4.69) is 5.32 Å². The van der Waals surface area contributed by atoms with Gasteiger partial charge in [-0.15, -0.1) is 0 Å². The number of hydrogen-bond donors (Lipinski definition) is 2. The summed E-state index contributed by atoms with van der Waals surface area (Å²) in [6.07, 6.45) is -4.72. The van der Waals surface area contributed by atoms with Crippen molar-refractivity contribution in [1.29, 1.82) is 5.26 Å². The van der Waals surface area contributed by atoms with Crippen molar-refractivity contribution in [3.05, 3.63) is 35.1 Å². The number of rotatable bonds is 4. The number of benzene rings is 1. The highest BCUT2D eigenvalue weighted by Gasteiger charge is 2.44. The van der Waals surface area contributed by atoms with E-state index in [0.717, 1.165) is 6.07 Å². The fraction of sp³-hybridized carbons (Fsp3) is 0.357. The van der Waals surface area contributed by atoms with E-state index in [1.165, 1.54) is 0 Å². The fourth-order valence-electron chi connectivity index (χ4n) is 2.10. The van der Waals surface area contributed by atoms with Crippen molar-refractivity contribution in [2.45, 2.75) is 18.6 Å². The minimum atomic E-state index is -4.99. The van der Waals surface area contributed by atoms with Crippen LogP contribution in [0.1, 0.15) is 23.6 Å². The average Bonchev–Trinajstić information content (AvgIpc) is 3.23. The van der Waals surface area contributed by atoms with E-state index in [1.807, 2.05) is 6.07 Å². The number of carboxylic acids is 1. The normalized spacial score (nSPS) is 21.2. The number of hydrogen-bond acceptors (Lipinski definition) is 3. The first-order valence-corrected chi connectivity index (χ1v) is 6.44. The molecular formula is C14H10F4N2O3. The monoisotopic (exact) mass is 330 g/mol. The third kappa shape index (κ3) is 3.59. The van der Waals surface area contributed by atoms with Gasteiger partial charge >= 0.3 is 12.1 Å². The van der Waals surface area contributed by atoms with E-state index in [0.29, 0.717) is 12.1 Å². The molecule has 9 heteroatoms. The van der Waals surface area contributed by atoms with Crippen LogP contribution in [0.4, 0.5) is 17.6 Å². The molecule has 1 amide bonds. The second-order valence-corrected chi connectivity index (χ2v) is 5.09. The molecule has 0 heterocycles. The molecule has 23 heavy (non-hydrogen) atoms. The second-order valence-electron chi connectivity index (χ2n) is 5.09. The van der Waals surface area contributed by atoms with Crippen molar-refractivity contribution in [3.63, 3.8) is 0 Å². The van der Waals surface area contributed by atoms with Crippen LogP contribution < -0.4 is 5.32 Å². The molecule has 1 unspecified atom stereocenters. The number of nitrogens with one attached hydrogen (secondary N) is 1. The van der Waals surface area contributed by atoms with Crippen LogP contribution in [0, 0.1) is 29.0 Å². The number of nitriles is 1. The molecule has 0 spiro atoms. The zero-order valence-corrected chi connectivity index (χ0v) is 11.4. The van der Waals surface area contributed by atoms with Crippen molar-refractivity contribution in [2.75, 3.05) is 0 Å². The van der Waals surface area contributed by atoms with Gasteiger partial charge < -0.3 is 10.4 Å². The van der Waals surface area contributed by atoms with Crippen LogP contribution in [0.15, 0.2) is 18.2 Å². The van der Waals surface area contributed by atoms with Crippen molar-refractivity contribution < 1.29 is 32.3 Å². The molecule has 0 aliphatic heterocycles. The predicted octanol–water partition coefficient (Wildman–Crippen LogP) is 2.25. The number of nitrogens with zero attached hydrogens (tertiary/aromatic N) is 1. The van der Waals surface area contributed by atoms with Crippen LogP contribution in [0.5, 0.6) is 0 Å². The number of halogens is 4. The largest absolute Gasteiger partial charge is 0.479 e. The lowest BCUT2D eigenvalue weighted by Gasteiger charge is -2.17. The van der Waals surface area contributed by atoms with Gasteiger partial charge in [-0.2, -0.15) is 18.4 Å². The summed E-state index contributed by atoms with van der Waals surface area (Å²) < 4.78 is 51.3. The summed E-state index contributed by atoms with van der Waals surface area (Å²) in [5, 5.41) is 19.8. The highest BCUT2D eigenvalue weighted by Crippen LogP contribution is 2.38. The predicted molar refractivity (Wildman–Crippen MR) is 67.1 cm³/mol. The number of aliphatic carboxylic acids is 1. The van der Waals surface area contributed by atoms with Crippen molar-refractivity contribution >= 4 is 11.9 Å². The smallest absolute Gasteiger partial charge is 0.419 e. The molecule has 2 rings (SSSR count). The Morgan fingerprint density at radius 2 is 2.04 bits per heavy atom. The molecule has 5 nitrogen and oxygen atoms in total. The Balaban J connectivity index is 2.27. The molecule has 0 aromatic heterocycles. The zero-order valence-electron chi connectivity index (χ0n) is 11.4. The Bertz CT molecular complexity index is 696. The summed E-state index contributed by atoms with van der Waals surface area (Å²) in [6.45, 7) is 0. The summed E-state index contributed by atoms with van der Waals surface area (Å²) in [4.78, 5) is 23.0. The zero-order chi connectivity index (χ0) is 17.4. The summed E-state index contributed by atoms with van der Waals surface area (Å²) in [5.74, 6) is -5.06. The van der Waals surface area contributed by atoms with Crippen LogP contribution in [-0.2, 0) is 15.8 Å². The molecule has 1 aromatic rings. The minimum absolute atomic E-state index is 0.270. The van der Waals surface area contributed by atoms with Crippen LogP contribution in [0.3, 0.4) is 0 Å². The molecule has 122 valence electrons. The topological polar surface area (TPSA) is 90.2 Å². The molecule has 1 aliphatic carbocycles. The Morgan fingerprint density at radius 1 is 1.39 bits per heavy atom. The highest BCUT2D eigenvalue weighted by molar-refractivity contribution is 5.87. The summed E-state index contributed by atoms with van der Waals surface area (Å²) in [5.41, 5.74) is -2.02. The lowest BCUT2D eigenvalue weighted by molar-refractivity contribution is -0.143. The van der Waals surface area contributed by atoms with E-state index in [4.69, 9.17) is 10.4 Å². The number of carbonyl (C=O) groups excluding carboxylic acids is 1. The van der Waals surface area contributed by atoms with Gasteiger partial charge in [-0.1, -0.05) is 6.07 Å². The van der Waals surface area contributed by atoms with Crippen LogP contribution in [-0.4, -0.2) is 17.0 Å². The molecular weight excluding hydrogens is 320 g/mol. The molecule has 3 atom stereocenters. The third-order valence-corrected chi connectivity index (χ3v) is 3.46. The van der Waals surface area contributed by atoms with Crippen LogP contribution in [0.2, 0.25) is 0 Å². The molecule has 0 bridgehead atoms. The lowest BCUT2D eigenvalue weighted by atomic mass is 10.0. The minimum Gasteiger partial charge on any atom is -0.479 e. The maximum Gasteiger partial charge on any atom is 0.419 e. The highest BCUT2D eigenvalue weighted by atomic mass is 19.4. The van der Waals surface area contributed by atoms with Gasteiger partial charge in [0.25, 0.3) is 0 Å². The third-order valence-electron chi connectivity index (χ3n) is 3.46. The van der Waals surface area contributed by atoms with E-state index in [9.17, 15) is 27.2 Å². The second kappa shape index (κ2) is 5.87. The van der Waals surface area contributed by atoms with Gasteiger partial charge in [0.2, 0.25) is 5.91 Å². The SMILES string of the molecule is N#C[C@@H]1C[C@H]1C(=O)NC(C(=O)O)c1ccc(F)c(C(F)(F)F)c1. The first-order chi connectivity index (χ1) is 10.6. The van der Waals surface area contributed by atoms with E-state index in [1.54, 1.807) is 0 Å². The molecule has 0 saturated heterocycles. The Hall–Kier alpha value is -2.63. The summed E-state index contributed by atoms with van der Waals surface area (Å²) in [7, 11) is 0. The molecule has 1 aromatic carbocycles. The van der Waals surface area contributed by atoms with Crippen molar-refractivity contribution in [3.8, 4) is 6.07 Å². The van der Waals surface area contributed by atoms with Gasteiger partial charge in [0.05, 0.1) is 23.5 Å². The first kappa shape index (κ1) is 16.7. The van der Waals surface area contributed by atoms with Gasteiger partial charge in [-0.25, -0.2) is 9.18 Å². The van der Waals surface area contributed by atoms with Crippen LogP contribution >= 0.6 is 0 Å². The standard InChI is InChI=1S/C14H10F4N2O3/c15-10-2-1-6(4-9(10)14(16,17)18)11(13(22)23)20-12(21)8-3-7(8)5-19/h1-2,4,7-8,11H,3H2,(H,20,21)(H,22,23)/t7-,8+,11?/m0/s1. The molecule has 1 saturated carbocycles. The maximum atomic E-state index is 13.2. The molecule has 1 aliphatic rings. The van der Waals surface area contributed by atoms with E-state index < -0.39 is 52.9 Å². The lowest BCUT2D eigenvalue weighted by Crippen LogP contribution is -2.35. The molecule has 0 radical (unpaired) electrons. The maximum absolute atomic E-state index is 13.2. The van der Waals surface area contributed by atoms with Gasteiger partial charge in [0, 0.05) is 0 Å². The number of amides is 1. The molecule has 1 fully saturated rings. The van der Waals surface area contributed by atoms with Gasteiger partial charge in [0.15, 0.2) is 6.04 Å². The molecule has 2 N–H and O–H groups in total. The van der Waals surface area contributed by atoms with Crippen molar-refractivity contribution in [1.82, 2.24) is 5.32 Å². The van der Waals surface area contributed by atoms with Gasteiger partial charge in [-0.05, 0) is 24.1 Å². The summed E-state index contributed by atoms with van der Waals surface area (Å²) >= 11 is 0. The summed E-state index contributed by atoms with van der Waals surface area (Å²) in [6, 6.07) is 1.79. The van der Waals surface area contributed by atoms with E-state index in [-0.39, 0.29) is 6.42 Å². The van der Waals surface area contributed by atoms with Gasteiger partial charge in [-0.3, -0.25) is 4.79 Å². The Kier molecular flexibility index (Phi) is 4.27. The Morgan fingerprint density at radius 3 is 2.52 bits per heavy atom. The quantitative estimate of drug-likeness (QED) is 0.829. The number of carboxylic acid groups (broad SMARTS) is 1. The van der Waals surface area contributed by atoms with Crippen LogP contribution in [0.25, 0.3) is 0 Å². The van der Waals surface area contributed by atoms with Crippen molar-refractivity contribution in [2.24, 2.45) is 11.8 Å². The average molecular weight is 330 g/mol. The first-order valence-electron chi connectivity index (χ1n) is 6.44. The number of alkyl halides is 3. The van der Waals surface area contributed by atoms with Gasteiger partial charge in [0.1, 0.15) is 5.82 Å². The number of carbonyl (C=O) groups is 2. The Labute approximate surface area is 127 Å². The van der Waals surface area contributed by atoms with E-state index >= 15 is 0 Å².